The van der Waals surface area contributed by atoms with Crippen molar-refractivity contribution in [2.45, 2.75) is 38.1 Å². The van der Waals surface area contributed by atoms with E-state index >= 15 is 0 Å². The fourth-order valence-corrected chi connectivity index (χ4v) is 5.11. The highest BCUT2D eigenvalue weighted by Crippen LogP contribution is 2.40. The lowest BCUT2D eigenvalue weighted by Crippen LogP contribution is -2.36. The van der Waals surface area contributed by atoms with Gasteiger partial charge in [0.1, 0.15) is 18.4 Å². The topological polar surface area (TPSA) is 109 Å². The van der Waals surface area contributed by atoms with E-state index in [9.17, 15) is 27.6 Å². The molecule has 1 aromatic carbocycles. The molecule has 4 aromatic rings. The molecule has 4 heterocycles. The molecule has 0 saturated heterocycles. The van der Waals surface area contributed by atoms with Crippen LogP contribution in [0.25, 0.3) is 16.8 Å². The predicted octanol–water partition coefficient (Wildman–Crippen LogP) is 4.23. The van der Waals surface area contributed by atoms with Crippen molar-refractivity contribution in [2.75, 3.05) is 19.0 Å². The van der Waals surface area contributed by atoms with E-state index in [-0.39, 0.29) is 34.9 Å². The van der Waals surface area contributed by atoms with Crippen molar-refractivity contribution < 1.29 is 27.4 Å². The van der Waals surface area contributed by atoms with Gasteiger partial charge in [0.05, 0.1) is 23.9 Å². The summed E-state index contributed by atoms with van der Waals surface area (Å²) in [6.45, 7) is 1.03. The van der Waals surface area contributed by atoms with Crippen LogP contribution in [0.15, 0.2) is 58.4 Å². The number of anilines is 1. The van der Waals surface area contributed by atoms with E-state index in [0.717, 1.165) is 9.25 Å². The van der Waals surface area contributed by atoms with Crippen LogP contribution >= 0.6 is 11.6 Å². The summed E-state index contributed by atoms with van der Waals surface area (Å²) < 4.78 is 56.1. The summed E-state index contributed by atoms with van der Waals surface area (Å²) in [5.41, 5.74) is 0.623. The van der Waals surface area contributed by atoms with Gasteiger partial charge in [0.25, 0.3) is 5.56 Å². The van der Waals surface area contributed by atoms with E-state index in [1.807, 2.05) is 0 Å². The molecule has 3 aromatic heterocycles. The van der Waals surface area contributed by atoms with E-state index in [1.54, 1.807) is 19.1 Å². The zero-order valence-electron chi connectivity index (χ0n) is 22.8. The minimum absolute atomic E-state index is 0.00160. The number of benzene rings is 1. The number of fused-ring (bicyclic) bond motifs is 4. The third kappa shape index (κ3) is 5.79. The Morgan fingerprint density at radius 1 is 1.19 bits per heavy atom. The van der Waals surface area contributed by atoms with Crippen LogP contribution in [0, 0.1) is 5.92 Å². The number of carbonyl (C=O) groups is 1. The number of nitrogens with one attached hydrogen (secondary N) is 1. The standard InChI is InChI=1S/C28H27ClF3N5O5/c1-15(41-3)8-22(26(39)33-19-6-7-24-34-35(2)27(40)37(24)12-19)36-13-23-21(11-25(36)38)20-10-18(29)5-4-16(20)9-17(14-42-23)28(30,31)32/h4-7,10-13,15,17,22H,8-9,14H2,1-3H3,(H,33,39). The number of nitrogens with zero attached hydrogens (tertiary/aromatic N) is 4. The fraction of sp³-hybridized carbons (Fsp3) is 0.357. The highest BCUT2D eigenvalue weighted by atomic mass is 35.5. The first-order chi connectivity index (χ1) is 19.8. The largest absolute Gasteiger partial charge is 0.491 e. The number of ether oxygens (including phenoxy) is 2. The Balaban J connectivity index is 1.57. The maximum Gasteiger partial charge on any atom is 0.395 e. The van der Waals surface area contributed by atoms with Crippen LogP contribution < -0.4 is 21.3 Å². The second-order valence-corrected chi connectivity index (χ2v) is 10.6. The van der Waals surface area contributed by atoms with Gasteiger partial charge in [-0.1, -0.05) is 17.7 Å². The molecule has 5 rings (SSSR count). The molecule has 1 N–H and O–H groups in total. The molecule has 1 aliphatic heterocycles. The molecule has 1 amide bonds. The molecule has 0 fully saturated rings. The molecule has 42 heavy (non-hydrogen) atoms. The predicted molar refractivity (Wildman–Crippen MR) is 149 cm³/mol. The van der Waals surface area contributed by atoms with Crippen molar-refractivity contribution in [2.24, 2.45) is 13.0 Å². The monoisotopic (exact) mass is 605 g/mol. The lowest BCUT2D eigenvalue weighted by Gasteiger charge is -2.28. The van der Waals surface area contributed by atoms with Crippen LogP contribution in [-0.4, -0.2) is 50.7 Å². The Kier molecular flexibility index (Phi) is 7.90. The molecule has 0 aliphatic carbocycles. The van der Waals surface area contributed by atoms with Crippen molar-refractivity contribution in [3.05, 3.63) is 80.2 Å². The number of alkyl halides is 3. The highest BCUT2D eigenvalue weighted by Gasteiger charge is 2.41. The van der Waals surface area contributed by atoms with Crippen molar-refractivity contribution in [3.8, 4) is 16.9 Å². The van der Waals surface area contributed by atoms with Gasteiger partial charge in [0, 0.05) is 43.4 Å². The van der Waals surface area contributed by atoms with Gasteiger partial charge in [0.15, 0.2) is 5.65 Å². The number of carbonyl (C=O) groups excluding carboxylic acids is 1. The second-order valence-electron chi connectivity index (χ2n) is 10.2. The summed E-state index contributed by atoms with van der Waals surface area (Å²) in [6, 6.07) is 7.70. The number of hydrogen-bond donors (Lipinski definition) is 1. The Morgan fingerprint density at radius 3 is 2.67 bits per heavy atom. The normalized spacial score (nSPS) is 16.5. The third-order valence-electron chi connectivity index (χ3n) is 7.30. The van der Waals surface area contributed by atoms with E-state index in [2.05, 4.69) is 10.4 Å². The minimum atomic E-state index is -4.53. The number of aryl methyl sites for hydroxylation is 1. The SMILES string of the molecule is COC(C)CC(C(=O)Nc1ccc2nn(C)c(=O)n2c1)n1cc2c(cc1=O)-c1cc(Cl)ccc1CC(C(F)(F)F)CO2. The van der Waals surface area contributed by atoms with E-state index in [0.29, 0.717) is 16.8 Å². The average Bonchev–Trinajstić information content (AvgIpc) is 3.21. The van der Waals surface area contributed by atoms with E-state index in [1.165, 1.54) is 55.2 Å². The number of amides is 1. The van der Waals surface area contributed by atoms with E-state index < -0.39 is 48.0 Å². The van der Waals surface area contributed by atoms with Crippen LogP contribution in [-0.2, 0) is 23.0 Å². The van der Waals surface area contributed by atoms with Gasteiger partial charge in [-0.15, -0.1) is 0 Å². The van der Waals surface area contributed by atoms with Crippen molar-refractivity contribution in [3.63, 3.8) is 0 Å². The number of pyridine rings is 2. The third-order valence-corrected chi connectivity index (χ3v) is 7.54. The van der Waals surface area contributed by atoms with E-state index in [4.69, 9.17) is 21.1 Å². The van der Waals surface area contributed by atoms with Gasteiger partial charge in [-0.3, -0.25) is 14.2 Å². The second kappa shape index (κ2) is 11.3. The van der Waals surface area contributed by atoms with Crippen LogP contribution in [0.1, 0.15) is 24.9 Å². The van der Waals surface area contributed by atoms with Gasteiger partial charge < -0.3 is 14.8 Å². The Hall–Kier alpha value is -4.10. The number of halogens is 4. The molecule has 0 radical (unpaired) electrons. The summed E-state index contributed by atoms with van der Waals surface area (Å²) in [4.78, 5) is 39.5. The first-order valence-electron chi connectivity index (χ1n) is 13.0. The van der Waals surface area contributed by atoms with Crippen LogP contribution in [0.3, 0.4) is 0 Å². The maximum atomic E-state index is 13.8. The summed E-state index contributed by atoms with van der Waals surface area (Å²) in [5, 5.41) is 7.08. The first kappa shape index (κ1) is 29.4. The molecule has 0 bridgehead atoms. The zero-order chi connectivity index (χ0) is 30.3. The Bertz CT molecular complexity index is 1780. The number of hydrogen-bond acceptors (Lipinski definition) is 6. The molecule has 10 nitrogen and oxygen atoms in total. The molecule has 3 atom stereocenters. The molecule has 1 aliphatic rings. The van der Waals surface area contributed by atoms with Gasteiger partial charge in [-0.05, 0) is 48.7 Å². The molecular formula is C28H27ClF3N5O5. The number of methoxy groups -OCH3 is 1. The Labute approximate surface area is 242 Å². The zero-order valence-corrected chi connectivity index (χ0v) is 23.6. The number of aromatic nitrogens is 4. The lowest BCUT2D eigenvalue weighted by molar-refractivity contribution is -0.181. The first-order valence-corrected chi connectivity index (χ1v) is 13.4. The number of rotatable bonds is 6. The van der Waals surface area contributed by atoms with Crippen molar-refractivity contribution in [1.82, 2.24) is 18.7 Å². The Morgan fingerprint density at radius 2 is 1.95 bits per heavy atom. The lowest BCUT2D eigenvalue weighted by atomic mass is 9.91. The molecule has 3 unspecified atom stereocenters. The molecule has 222 valence electrons. The van der Waals surface area contributed by atoms with Crippen molar-refractivity contribution in [1.29, 1.82) is 0 Å². The smallest absolute Gasteiger partial charge is 0.395 e. The molecule has 14 heteroatoms. The highest BCUT2D eigenvalue weighted by molar-refractivity contribution is 6.30. The van der Waals surface area contributed by atoms with Gasteiger partial charge in [0.2, 0.25) is 5.91 Å². The summed E-state index contributed by atoms with van der Waals surface area (Å²) in [7, 11) is 2.94. The van der Waals surface area contributed by atoms with Crippen LogP contribution in [0.2, 0.25) is 5.02 Å². The quantitative estimate of drug-likeness (QED) is 0.352. The minimum Gasteiger partial charge on any atom is -0.491 e. The van der Waals surface area contributed by atoms with Gasteiger partial charge in [-0.2, -0.15) is 18.3 Å². The summed E-state index contributed by atoms with van der Waals surface area (Å²) in [5.74, 6) is -2.41. The average molecular weight is 606 g/mol. The van der Waals surface area contributed by atoms with Gasteiger partial charge >= 0.3 is 11.9 Å². The maximum absolute atomic E-state index is 13.8. The summed E-state index contributed by atoms with van der Waals surface area (Å²) >= 11 is 6.18. The fourth-order valence-electron chi connectivity index (χ4n) is 4.94. The molecule has 0 spiro atoms. The van der Waals surface area contributed by atoms with Crippen LogP contribution in [0.5, 0.6) is 5.75 Å². The molecular weight excluding hydrogens is 579 g/mol. The van der Waals surface area contributed by atoms with Crippen LogP contribution in [0.4, 0.5) is 18.9 Å². The summed E-state index contributed by atoms with van der Waals surface area (Å²) in [6.07, 6.45) is -2.65. The van der Waals surface area contributed by atoms with Gasteiger partial charge in [-0.25, -0.2) is 13.9 Å². The molecule has 0 saturated carbocycles. The van der Waals surface area contributed by atoms with Crippen molar-refractivity contribution >= 4 is 28.8 Å².